The summed E-state index contributed by atoms with van der Waals surface area (Å²) in [5, 5.41) is 0. The van der Waals surface area contributed by atoms with E-state index in [2.05, 4.69) is 31.7 Å². The number of nitrogens with zero attached hydrogens (tertiary/aromatic N) is 1. The highest BCUT2D eigenvalue weighted by Crippen LogP contribution is 2.67. The summed E-state index contributed by atoms with van der Waals surface area (Å²) in [6, 6.07) is 7.51. The van der Waals surface area contributed by atoms with Crippen molar-refractivity contribution in [3.63, 3.8) is 0 Å². The van der Waals surface area contributed by atoms with Crippen molar-refractivity contribution < 1.29 is 28.7 Å². The van der Waals surface area contributed by atoms with Crippen LogP contribution in [0.15, 0.2) is 47.6 Å². The van der Waals surface area contributed by atoms with Gasteiger partial charge in [0, 0.05) is 42.4 Å². The van der Waals surface area contributed by atoms with Gasteiger partial charge in [0.05, 0.1) is 6.42 Å². The largest absolute Gasteiger partial charge is 0.453 e. The predicted octanol–water partition coefficient (Wildman–Crippen LogP) is 6.63. The summed E-state index contributed by atoms with van der Waals surface area (Å²) in [6.45, 7) is 8.80. The number of carbonyl (C=O) groups is 4. The minimum atomic E-state index is -1.26. The average molecular weight is 659 g/mol. The van der Waals surface area contributed by atoms with E-state index in [0.717, 1.165) is 42.5 Å². The Morgan fingerprint density at radius 1 is 0.956 bits per heavy atom. The van der Waals surface area contributed by atoms with Gasteiger partial charge in [-0.2, -0.15) is 0 Å². The number of benzene rings is 1. The van der Waals surface area contributed by atoms with Crippen molar-refractivity contribution in [3.8, 4) is 0 Å². The van der Waals surface area contributed by atoms with E-state index in [0.29, 0.717) is 43.6 Å². The molecule has 1 aromatic carbocycles. The molecule has 6 atom stereocenters. The summed E-state index contributed by atoms with van der Waals surface area (Å²) < 4.78 is 11.4. The smallest absolute Gasteiger partial charge is 0.345 e. The Bertz CT molecular complexity index is 1400. The van der Waals surface area contributed by atoms with E-state index >= 15 is 0 Å². The van der Waals surface area contributed by atoms with Crippen molar-refractivity contribution in [2.24, 2.45) is 28.6 Å². The van der Waals surface area contributed by atoms with Crippen molar-refractivity contribution in [1.29, 1.82) is 0 Å². The van der Waals surface area contributed by atoms with Gasteiger partial charge >= 0.3 is 11.9 Å². The minimum Gasteiger partial charge on any atom is -0.453 e. The van der Waals surface area contributed by atoms with Crippen LogP contribution in [0.2, 0.25) is 0 Å². The van der Waals surface area contributed by atoms with Crippen LogP contribution in [0.25, 0.3) is 0 Å². The highest BCUT2D eigenvalue weighted by atomic mass is 35.5. The van der Waals surface area contributed by atoms with E-state index in [4.69, 9.17) is 32.7 Å². The number of fused-ring (bicyclic) bond motifs is 5. The van der Waals surface area contributed by atoms with Gasteiger partial charge in [0.2, 0.25) is 0 Å². The molecule has 0 spiro atoms. The standard InChI is InChI=1S/C36H45Cl2NO6/c1-23-19-28-29(34(3)12-9-27(41)21-31(23)34)10-13-35(4)30(28)11-14-36(35,24(2)40)45-33(43)22-44-32(42)20-25-5-7-26(8-6-25)39(17-15-37)18-16-38/h5-8,19,21,28-30H,9-18,20,22H2,1-4H3/t28-,29+,30+,34-,35+,36+/m1/s1. The summed E-state index contributed by atoms with van der Waals surface area (Å²) in [5.74, 6) is 0.518. The number of hydrogen-bond donors (Lipinski definition) is 0. The van der Waals surface area contributed by atoms with Gasteiger partial charge in [0.25, 0.3) is 0 Å². The second kappa shape index (κ2) is 13.2. The third-order valence-electron chi connectivity index (χ3n) is 11.5. The molecule has 5 rings (SSSR count). The molecule has 0 saturated heterocycles. The summed E-state index contributed by atoms with van der Waals surface area (Å²) in [5.41, 5.74) is 2.16. The Morgan fingerprint density at radius 3 is 2.27 bits per heavy atom. The second-order valence-electron chi connectivity index (χ2n) is 13.8. The van der Waals surface area contributed by atoms with E-state index in [1.165, 1.54) is 12.5 Å². The minimum absolute atomic E-state index is 0.00572. The second-order valence-corrected chi connectivity index (χ2v) is 14.6. The number of esters is 2. The highest BCUT2D eigenvalue weighted by molar-refractivity contribution is 6.18. The maximum absolute atomic E-state index is 13.4. The lowest BCUT2D eigenvalue weighted by Crippen LogP contribution is -2.58. The molecule has 4 aliphatic carbocycles. The molecule has 244 valence electrons. The Hall–Kier alpha value is -2.64. The van der Waals surface area contributed by atoms with Crippen LogP contribution in [0.3, 0.4) is 0 Å². The van der Waals surface area contributed by atoms with Gasteiger partial charge in [-0.3, -0.25) is 14.4 Å². The quantitative estimate of drug-likeness (QED) is 0.195. The third-order valence-corrected chi connectivity index (χ3v) is 11.9. The first-order valence-corrected chi connectivity index (χ1v) is 17.2. The van der Waals surface area contributed by atoms with E-state index in [-0.39, 0.29) is 35.2 Å². The fraction of sp³-hybridized carbons (Fsp3) is 0.611. The number of rotatable bonds is 11. The first-order valence-electron chi connectivity index (χ1n) is 16.2. The van der Waals surface area contributed by atoms with Crippen molar-refractivity contribution >= 4 is 52.4 Å². The van der Waals surface area contributed by atoms with Crippen molar-refractivity contribution in [3.05, 3.63) is 53.1 Å². The number of carbonyl (C=O) groups excluding carboxylic acids is 4. The number of Topliss-reactive ketones (excluding diaryl/α,β-unsaturated/α-hetero) is 1. The fourth-order valence-corrected chi connectivity index (χ4v) is 9.62. The third kappa shape index (κ3) is 6.12. The van der Waals surface area contributed by atoms with Crippen LogP contribution in [0.4, 0.5) is 5.69 Å². The lowest BCUT2D eigenvalue weighted by molar-refractivity contribution is -0.191. The Labute approximate surface area is 276 Å². The van der Waals surface area contributed by atoms with Gasteiger partial charge in [-0.05, 0) is 98.5 Å². The number of hydrogen-bond acceptors (Lipinski definition) is 7. The maximum atomic E-state index is 13.4. The zero-order valence-electron chi connectivity index (χ0n) is 26.8. The average Bonchev–Trinajstić information content (AvgIpc) is 3.30. The molecule has 7 nitrogen and oxygen atoms in total. The molecule has 2 saturated carbocycles. The Balaban J connectivity index is 1.24. The van der Waals surface area contributed by atoms with Gasteiger partial charge in [-0.25, -0.2) is 4.79 Å². The molecule has 0 heterocycles. The maximum Gasteiger partial charge on any atom is 0.345 e. The molecule has 0 N–H and O–H groups in total. The van der Waals surface area contributed by atoms with E-state index in [1.54, 1.807) is 0 Å². The molecule has 0 bridgehead atoms. The van der Waals surface area contributed by atoms with Crippen molar-refractivity contribution in [2.45, 2.75) is 78.2 Å². The Kier molecular flexibility index (Phi) is 9.91. The van der Waals surface area contributed by atoms with Crippen LogP contribution < -0.4 is 4.90 Å². The lowest BCUT2D eigenvalue weighted by atomic mass is 9.47. The van der Waals surface area contributed by atoms with Gasteiger partial charge < -0.3 is 14.4 Å². The first-order chi connectivity index (χ1) is 21.4. The molecule has 0 aliphatic heterocycles. The zero-order chi connectivity index (χ0) is 32.6. The summed E-state index contributed by atoms with van der Waals surface area (Å²) in [6.07, 6.45) is 8.45. The molecule has 0 amide bonds. The van der Waals surface area contributed by atoms with E-state index in [9.17, 15) is 19.2 Å². The predicted molar refractivity (Wildman–Crippen MR) is 175 cm³/mol. The van der Waals surface area contributed by atoms with E-state index < -0.39 is 29.6 Å². The van der Waals surface area contributed by atoms with Crippen LogP contribution in [-0.2, 0) is 35.1 Å². The first kappa shape index (κ1) is 33.7. The van der Waals surface area contributed by atoms with Crippen molar-refractivity contribution in [1.82, 2.24) is 0 Å². The zero-order valence-corrected chi connectivity index (χ0v) is 28.3. The number of anilines is 1. The summed E-state index contributed by atoms with van der Waals surface area (Å²) in [4.78, 5) is 53.6. The monoisotopic (exact) mass is 657 g/mol. The van der Waals surface area contributed by atoms with Crippen LogP contribution in [0, 0.1) is 28.6 Å². The number of halogens is 2. The highest BCUT2D eigenvalue weighted by Gasteiger charge is 2.67. The molecular weight excluding hydrogens is 613 g/mol. The summed E-state index contributed by atoms with van der Waals surface area (Å²) in [7, 11) is 0. The van der Waals surface area contributed by atoms with Gasteiger partial charge in [0.1, 0.15) is 0 Å². The topological polar surface area (TPSA) is 90.0 Å². The molecular formula is C36H45Cl2NO6. The Morgan fingerprint density at radius 2 is 1.62 bits per heavy atom. The van der Waals surface area contributed by atoms with Crippen LogP contribution in [0.1, 0.15) is 71.8 Å². The fourth-order valence-electron chi connectivity index (χ4n) is 9.21. The van der Waals surface area contributed by atoms with Crippen LogP contribution in [0.5, 0.6) is 0 Å². The lowest BCUT2D eigenvalue weighted by Gasteiger charge is -2.58. The summed E-state index contributed by atoms with van der Waals surface area (Å²) >= 11 is 11.8. The molecule has 2 fully saturated rings. The SMILES string of the molecule is CC(=O)[C@@]1(OC(=O)COC(=O)Cc2ccc(N(CCCl)CCCl)cc2)CC[C@H]2[C@@H]3C=C(C)C4=CC(=O)CC[C@]4(C)[C@H]3CC[C@@]21C. The van der Waals surface area contributed by atoms with Crippen molar-refractivity contribution in [2.75, 3.05) is 36.4 Å². The molecule has 0 unspecified atom stereocenters. The van der Waals surface area contributed by atoms with Crippen LogP contribution >= 0.6 is 23.2 Å². The molecule has 0 aromatic heterocycles. The number of ketones is 2. The number of allylic oxidation sites excluding steroid dienone is 4. The van der Waals surface area contributed by atoms with Crippen LogP contribution in [-0.4, -0.2) is 60.6 Å². The molecule has 45 heavy (non-hydrogen) atoms. The van der Waals surface area contributed by atoms with Gasteiger partial charge in [-0.15, -0.1) is 23.2 Å². The normalized spacial score (nSPS) is 32.0. The number of alkyl halides is 2. The van der Waals surface area contributed by atoms with Gasteiger partial charge in [0.15, 0.2) is 23.8 Å². The molecule has 4 aliphatic rings. The van der Waals surface area contributed by atoms with E-state index in [1.807, 2.05) is 30.3 Å². The molecule has 0 radical (unpaired) electrons. The number of ether oxygens (including phenoxy) is 2. The van der Waals surface area contributed by atoms with Gasteiger partial charge in [-0.1, -0.05) is 37.6 Å². The molecule has 9 heteroatoms. The molecule has 1 aromatic rings.